The zero-order chi connectivity index (χ0) is 22.1. The molecule has 0 aromatic heterocycles. The van der Waals surface area contributed by atoms with Crippen molar-refractivity contribution in [3.8, 4) is 0 Å². The lowest BCUT2D eigenvalue weighted by Crippen LogP contribution is -2.38. The number of rotatable bonds is 19. The molecule has 3 N–H and O–H groups in total. The van der Waals surface area contributed by atoms with Gasteiger partial charge in [0.25, 0.3) is 0 Å². The van der Waals surface area contributed by atoms with Gasteiger partial charge in [0.1, 0.15) is 6.10 Å². The molecule has 4 heteroatoms. The maximum atomic E-state index is 11.8. The minimum atomic E-state index is -0.356. The molecule has 1 amide bonds. The Hall–Kier alpha value is -1.91. The van der Waals surface area contributed by atoms with Gasteiger partial charge in [-0.1, -0.05) is 74.6 Å². The molecule has 0 heterocycles. The molecule has 0 spiro atoms. The molecule has 170 valence electrons. The first-order valence-corrected chi connectivity index (χ1v) is 11.6. The van der Waals surface area contributed by atoms with E-state index in [1.54, 1.807) is 0 Å². The highest BCUT2D eigenvalue weighted by Gasteiger charge is 2.15. The summed E-state index contributed by atoms with van der Waals surface area (Å²) in [6.07, 6.45) is 30.7. The average molecular weight is 417 g/mol. The van der Waals surface area contributed by atoms with Crippen molar-refractivity contribution < 1.29 is 9.53 Å². The number of unbranched alkanes of at least 4 members (excludes halogenated alkanes) is 2. The molecule has 1 atom stereocenters. The molecule has 0 rings (SSSR count). The van der Waals surface area contributed by atoms with Crippen LogP contribution >= 0.6 is 0 Å². The number of carbonyl (C=O) groups is 1. The zero-order valence-corrected chi connectivity index (χ0v) is 19.2. The van der Waals surface area contributed by atoms with E-state index in [9.17, 15) is 4.79 Å². The molecule has 0 fully saturated rings. The van der Waals surface area contributed by atoms with E-state index in [4.69, 9.17) is 10.5 Å². The van der Waals surface area contributed by atoms with E-state index in [-0.39, 0.29) is 12.0 Å². The van der Waals surface area contributed by atoms with Gasteiger partial charge in [0.15, 0.2) is 0 Å². The van der Waals surface area contributed by atoms with Gasteiger partial charge in [-0.15, -0.1) is 0 Å². The van der Waals surface area contributed by atoms with Crippen LogP contribution in [0.2, 0.25) is 0 Å². The van der Waals surface area contributed by atoms with Crippen molar-refractivity contribution in [2.45, 2.75) is 77.7 Å². The maximum Gasteiger partial charge on any atom is 0.249 e. The fourth-order valence-corrected chi connectivity index (χ4v) is 2.65. The van der Waals surface area contributed by atoms with E-state index >= 15 is 0 Å². The lowest BCUT2D eigenvalue weighted by Gasteiger charge is -2.15. The number of carbonyl (C=O) groups excluding carboxylic acids is 1. The molecule has 0 aromatic rings. The van der Waals surface area contributed by atoms with Crippen LogP contribution in [0.1, 0.15) is 71.6 Å². The Kier molecular flexibility index (Phi) is 21.9. The topological polar surface area (TPSA) is 64.3 Å². The number of nitrogens with two attached hydrogens (primary N) is 1. The second-order valence-electron chi connectivity index (χ2n) is 7.05. The molecule has 0 aliphatic carbocycles. The predicted octanol–water partition coefficient (Wildman–Crippen LogP) is 5.78. The van der Waals surface area contributed by atoms with Crippen molar-refractivity contribution in [2.75, 3.05) is 19.7 Å². The van der Waals surface area contributed by atoms with Gasteiger partial charge in [-0.05, 0) is 57.8 Å². The van der Waals surface area contributed by atoms with E-state index in [0.29, 0.717) is 26.1 Å². The third-order valence-electron chi connectivity index (χ3n) is 4.35. The predicted molar refractivity (Wildman–Crippen MR) is 130 cm³/mol. The van der Waals surface area contributed by atoms with Crippen LogP contribution in [0.5, 0.6) is 0 Å². The van der Waals surface area contributed by atoms with E-state index in [2.05, 4.69) is 73.0 Å². The number of nitrogens with one attached hydrogen (secondary N) is 1. The number of allylic oxidation sites excluding steroid dienone is 10. The van der Waals surface area contributed by atoms with Crippen molar-refractivity contribution in [3.63, 3.8) is 0 Å². The third kappa shape index (κ3) is 19.4. The molecule has 30 heavy (non-hydrogen) atoms. The van der Waals surface area contributed by atoms with E-state index in [1.165, 1.54) is 0 Å². The van der Waals surface area contributed by atoms with Gasteiger partial charge in [-0.25, -0.2) is 0 Å². The number of hydrogen-bond donors (Lipinski definition) is 2. The van der Waals surface area contributed by atoms with E-state index in [0.717, 1.165) is 51.4 Å². The van der Waals surface area contributed by atoms with Crippen molar-refractivity contribution in [1.82, 2.24) is 5.32 Å². The summed E-state index contributed by atoms with van der Waals surface area (Å²) in [5.74, 6) is -0.0548. The highest BCUT2D eigenvalue weighted by atomic mass is 16.5. The third-order valence-corrected chi connectivity index (χ3v) is 4.35. The Labute approximate surface area is 185 Å². The van der Waals surface area contributed by atoms with Crippen molar-refractivity contribution in [2.24, 2.45) is 5.73 Å². The normalized spacial score (nSPS) is 13.6. The molecule has 0 aromatic carbocycles. The van der Waals surface area contributed by atoms with Crippen LogP contribution in [-0.2, 0) is 9.53 Å². The first kappa shape index (κ1) is 28.1. The van der Waals surface area contributed by atoms with Crippen LogP contribution in [0.3, 0.4) is 0 Å². The average Bonchev–Trinajstić information content (AvgIpc) is 2.76. The van der Waals surface area contributed by atoms with Crippen molar-refractivity contribution >= 4 is 5.91 Å². The Morgan fingerprint density at radius 3 is 1.87 bits per heavy atom. The Balaban J connectivity index is 3.60. The van der Waals surface area contributed by atoms with Gasteiger partial charge in [-0.2, -0.15) is 0 Å². The lowest BCUT2D eigenvalue weighted by molar-refractivity contribution is -0.133. The fraction of sp³-hybridized carbons (Fsp3) is 0.577. The molecule has 0 aliphatic rings. The summed E-state index contributed by atoms with van der Waals surface area (Å²) in [6, 6.07) is 0. The maximum absolute atomic E-state index is 11.8. The number of hydrogen-bond acceptors (Lipinski definition) is 3. The van der Waals surface area contributed by atoms with E-state index < -0.39 is 0 Å². The summed E-state index contributed by atoms with van der Waals surface area (Å²) >= 11 is 0. The SMILES string of the molecule is CCC=CCC=CCC=CCC=CCC=CCCCCOC(CC)C(=O)NCCN. The number of amides is 1. The van der Waals surface area contributed by atoms with Gasteiger partial charge in [0, 0.05) is 19.7 Å². The first-order chi connectivity index (χ1) is 14.8. The molecular weight excluding hydrogens is 372 g/mol. The van der Waals surface area contributed by atoms with Crippen molar-refractivity contribution in [1.29, 1.82) is 0 Å². The standard InChI is InChI=1S/C26H44N2O2/c1-3-5-6-7-8-9-10-11-12-13-14-15-16-17-18-19-20-21-24-30-25(4-2)26(29)28-23-22-27/h5-6,8-9,11-12,14-15,17-18,25H,3-4,7,10,13,16,19-24,27H2,1-2H3,(H,28,29). The Bertz CT molecular complexity index is 533. The van der Waals surface area contributed by atoms with Crippen LogP contribution in [-0.4, -0.2) is 31.7 Å². The summed E-state index contributed by atoms with van der Waals surface area (Å²) in [7, 11) is 0. The largest absolute Gasteiger partial charge is 0.368 e. The first-order valence-electron chi connectivity index (χ1n) is 11.6. The van der Waals surface area contributed by atoms with Gasteiger partial charge >= 0.3 is 0 Å². The van der Waals surface area contributed by atoms with E-state index in [1.807, 2.05) is 6.92 Å². The Morgan fingerprint density at radius 2 is 1.37 bits per heavy atom. The second kappa shape index (κ2) is 23.4. The molecule has 0 radical (unpaired) electrons. The second-order valence-corrected chi connectivity index (χ2v) is 7.05. The van der Waals surface area contributed by atoms with Gasteiger partial charge < -0.3 is 15.8 Å². The van der Waals surface area contributed by atoms with Gasteiger partial charge in [-0.3, -0.25) is 4.79 Å². The minimum absolute atomic E-state index is 0.0548. The monoisotopic (exact) mass is 416 g/mol. The van der Waals surface area contributed by atoms with Crippen LogP contribution in [0.25, 0.3) is 0 Å². The molecular formula is C26H44N2O2. The summed E-state index contributed by atoms with van der Waals surface area (Å²) in [5.41, 5.74) is 5.40. The minimum Gasteiger partial charge on any atom is -0.368 e. The summed E-state index contributed by atoms with van der Waals surface area (Å²) < 4.78 is 5.68. The summed E-state index contributed by atoms with van der Waals surface area (Å²) in [4.78, 5) is 11.8. The fourth-order valence-electron chi connectivity index (χ4n) is 2.65. The molecule has 0 bridgehead atoms. The van der Waals surface area contributed by atoms with Crippen LogP contribution in [0.15, 0.2) is 60.8 Å². The molecule has 0 saturated heterocycles. The highest BCUT2D eigenvalue weighted by Crippen LogP contribution is 2.03. The highest BCUT2D eigenvalue weighted by molar-refractivity contribution is 5.80. The van der Waals surface area contributed by atoms with Gasteiger partial charge in [0.2, 0.25) is 5.91 Å². The molecule has 4 nitrogen and oxygen atoms in total. The summed E-state index contributed by atoms with van der Waals surface area (Å²) in [5, 5.41) is 2.78. The number of ether oxygens (including phenoxy) is 1. The molecule has 1 unspecified atom stereocenters. The van der Waals surface area contributed by atoms with Crippen molar-refractivity contribution in [3.05, 3.63) is 60.8 Å². The lowest BCUT2D eigenvalue weighted by atomic mass is 10.2. The molecule has 0 aliphatic heterocycles. The van der Waals surface area contributed by atoms with Crippen LogP contribution in [0, 0.1) is 0 Å². The smallest absolute Gasteiger partial charge is 0.249 e. The summed E-state index contributed by atoms with van der Waals surface area (Å²) in [6.45, 7) is 5.70. The Morgan fingerprint density at radius 1 is 0.833 bits per heavy atom. The zero-order valence-electron chi connectivity index (χ0n) is 19.2. The van der Waals surface area contributed by atoms with Gasteiger partial charge in [0.05, 0.1) is 0 Å². The van der Waals surface area contributed by atoms with Crippen LogP contribution in [0.4, 0.5) is 0 Å². The van der Waals surface area contributed by atoms with Crippen LogP contribution < -0.4 is 11.1 Å². The molecule has 0 saturated carbocycles. The quantitative estimate of drug-likeness (QED) is 0.207.